The van der Waals surface area contributed by atoms with Crippen molar-refractivity contribution >= 4 is 5.97 Å². The highest BCUT2D eigenvalue weighted by Gasteiger charge is 2.13. The van der Waals surface area contributed by atoms with Crippen molar-refractivity contribution in [3.05, 3.63) is 36.0 Å². The van der Waals surface area contributed by atoms with Gasteiger partial charge in [-0.2, -0.15) is 0 Å². The van der Waals surface area contributed by atoms with Crippen LogP contribution in [0.4, 0.5) is 0 Å². The SMILES string of the molecule is Cc1nc(-c2cccnc2)oc1CC(=O)O. The van der Waals surface area contributed by atoms with E-state index in [0.717, 1.165) is 5.56 Å². The molecule has 2 aromatic heterocycles. The van der Waals surface area contributed by atoms with Crippen molar-refractivity contribution in [2.24, 2.45) is 0 Å². The van der Waals surface area contributed by atoms with Gasteiger partial charge in [-0.3, -0.25) is 9.78 Å². The van der Waals surface area contributed by atoms with Crippen LogP contribution in [-0.4, -0.2) is 21.0 Å². The van der Waals surface area contributed by atoms with Crippen molar-refractivity contribution in [2.45, 2.75) is 13.3 Å². The third-order valence-corrected chi connectivity index (χ3v) is 2.11. The van der Waals surface area contributed by atoms with Gasteiger partial charge in [-0.15, -0.1) is 0 Å². The first-order valence-electron chi connectivity index (χ1n) is 4.75. The van der Waals surface area contributed by atoms with E-state index in [2.05, 4.69) is 9.97 Å². The molecule has 0 fully saturated rings. The molecule has 0 aromatic carbocycles. The van der Waals surface area contributed by atoms with Gasteiger partial charge >= 0.3 is 5.97 Å². The van der Waals surface area contributed by atoms with E-state index in [1.807, 2.05) is 6.07 Å². The zero-order valence-corrected chi connectivity index (χ0v) is 8.67. The Morgan fingerprint density at radius 3 is 3.00 bits per heavy atom. The van der Waals surface area contributed by atoms with Crippen LogP contribution in [0.15, 0.2) is 28.9 Å². The lowest BCUT2D eigenvalue weighted by Crippen LogP contribution is -1.99. The van der Waals surface area contributed by atoms with Gasteiger partial charge < -0.3 is 9.52 Å². The highest BCUT2D eigenvalue weighted by atomic mass is 16.4. The minimum absolute atomic E-state index is 0.154. The summed E-state index contributed by atoms with van der Waals surface area (Å²) in [7, 11) is 0. The van der Waals surface area contributed by atoms with Gasteiger partial charge in [0.2, 0.25) is 5.89 Å². The number of oxazole rings is 1. The Bertz CT molecular complexity index is 505. The second-order valence-electron chi connectivity index (χ2n) is 3.34. The molecule has 0 radical (unpaired) electrons. The normalized spacial score (nSPS) is 10.3. The minimum atomic E-state index is -0.933. The smallest absolute Gasteiger partial charge is 0.311 e. The molecule has 0 unspecified atom stereocenters. The predicted molar refractivity (Wildman–Crippen MR) is 55.8 cm³/mol. The van der Waals surface area contributed by atoms with Gasteiger partial charge in [-0.1, -0.05) is 0 Å². The minimum Gasteiger partial charge on any atom is -0.481 e. The molecule has 0 bridgehead atoms. The van der Waals surface area contributed by atoms with E-state index in [1.54, 1.807) is 25.4 Å². The maximum atomic E-state index is 10.6. The number of carbonyl (C=O) groups is 1. The van der Waals surface area contributed by atoms with Crippen molar-refractivity contribution < 1.29 is 14.3 Å². The summed E-state index contributed by atoms with van der Waals surface area (Å²) in [5.74, 6) is -0.148. The quantitative estimate of drug-likeness (QED) is 0.847. The van der Waals surface area contributed by atoms with Gasteiger partial charge in [0.1, 0.15) is 12.2 Å². The van der Waals surface area contributed by atoms with Gasteiger partial charge in [-0.25, -0.2) is 4.98 Å². The van der Waals surface area contributed by atoms with Gasteiger partial charge in [0.25, 0.3) is 0 Å². The first-order valence-corrected chi connectivity index (χ1v) is 4.75. The summed E-state index contributed by atoms with van der Waals surface area (Å²) >= 11 is 0. The maximum absolute atomic E-state index is 10.6. The number of nitrogens with zero attached hydrogens (tertiary/aromatic N) is 2. The van der Waals surface area contributed by atoms with Crippen LogP contribution in [0.3, 0.4) is 0 Å². The Hall–Kier alpha value is -2.17. The van der Waals surface area contributed by atoms with E-state index in [4.69, 9.17) is 9.52 Å². The molecule has 2 aromatic rings. The fourth-order valence-electron chi connectivity index (χ4n) is 1.34. The maximum Gasteiger partial charge on any atom is 0.311 e. The fourth-order valence-corrected chi connectivity index (χ4v) is 1.34. The molecule has 0 saturated carbocycles. The van der Waals surface area contributed by atoms with E-state index in [-0.39, 0.29) is 6.42 Å². The molecule has 0 aliphatic carbocycles. The number of aryl methyl sites for hydroxylation is 1. The average molecular weight is 218 g/mol. The molecule has 2 rings (SSSR count). The number of hydrogen-bond acceptors (Lipinski definition) is 4. The van der Waals surface area contributed by atoms with Crippen LogP contribution in [0.25, 0.3) is 11.5 Å². The molecule has 2 heterocycles. The number of rotatable bonds is 3. The average Bonchev–Trinajstić information content (AvgIpc) is 2.61. The van der Waals surface area contributed by atoms with Crippen LogP contribution >= 0.6 is 0 Å². The van der Waals surface area contributed by atoms with Crippen molar-refractivity contribution in [3.63, 3.8) is 0 Å². The molecular weight excluding hydrogens is 208 g/mol. The van der Waals surface area contributed by atoms with Crippen molar-refractivity contribution in [1.82, 2.24) is 9.97 Å². The Balaban J connectivity index is 2.34. The summed E-state index contributed by atoms with van der Waals surface area (Å²) in [6.07, 6.45) is 3.12. The molecule has 0 aliphatic rings. The highest BCUT2D eigenvalue weighted by molar-refractivity contribution is 5.69. The first kappa shape index (κ1) is 10.4. The molecule has 5 nitrogen and oxygen atoms in total. The summed E-state index contributed by atoms with van der Waals surface area (Å²) in [5.41, 5.74) is 1.34. The van der Waals surface area contributed by atoms with E-state index < -0.39 is 5.97 Å². The molecule has 0 spiro atoms. The van der Waals surface area contributed by atoms with Crippen molar-refractivity contribution in [1.29, 1.82) is 0 Å². The lowest BCUT2D eigenvalue weighted by atomic mass is 10.3. The third-order valence-electron chi connectivity index (χ3n) is 2.11. The molecule has 5 heteroatoms. The van der Waals surface area contributed by atoms with Crippen LogP contribution in [-0.2, 0) is 11.2 Å². The van der Waals surface area contributed by atoms with Crippen LogP contribution < -0.4 is 0 Å². The van der Waals surface area contributed by atoms with Crippen LogP contribution in [0.1, 0.15) is 11.5 Å². The highest BCUT2D eigenvalue weighted by Crippen LogP contribution is 2.20. The van der Waals surface area contributed by atoms with Gasteiger partial charge in [0, 0.05) is 12.4 Å². The van der Waals surface area contributed by atoms with E-state index in [0.29, 0.717) is 17.3 Å². The zero-order valence-electron chi connectivity index (χ0n) is 8.67. The zero-order chi connectivity index (χ0) is 11.5. The van der Waals surface area contributed by atoms with E-state index >= 15 is 0 Å². The summed E-state index contributed by atoms with van der Waals surface area (Å²) in [4.78, 5) is 18.7. The molecule has 1 N–H and O–H groups in total. The second kappa shape index (κ2) is 4.14. The van der Waals surface area contributed by atoms with Gasteiger partial charge in [0.05, 0.1) is 11.3 Å². The molecule has 82 valence electrons. The van der Waals surface area contributed by atoms with Crippen LogP contribution in [0.2, 0.25) is 0 Å². The van der Waals surface area contributed by atoms with Gasteiger partial charge in [0.15, 0.2) is 0 Å². The first-order chi connectivity index (χ1) is 7.66. The van der Waals surface area contributed by atoms with Crippen molar-refractivity contribution in [3.8, 4) is 11.5 Å². The fraction of sp³-hybridized carbons (Fsp3) is 0.182. The third kappa shape index (κ3) is 2.08. The van der Waals surface area contributed by atoms with Crippen molar-refractivity contribution in [2.75, 3.05) is 0 Å². The number of aromatic nitrogens is 2. The predicted octanol–water partition coefficient (Wildman–Crippen LogP) is 1.67. The molecule has 0 aliphatic heterocycles. The van der Waals surface area contributed by atoms with Crippen LogP contribution in [0, 0.1) is 6.92 Å². The molecule has 0 amide bonds. The largest absolute Gasteiger partial charge is 0.481 e. The lowest BCUT2D eigenvalue weighted by Gasteiger charge is -1.92. The Morgan fingerprint density at radius 1 is 1.56 bits per heavy atom. The van der Waals surface area contributed by atoms with E-state index in [1.165, 1.54) is 0 Å². The summed E-state index contributed by atoms with van der Waals surface area (Å²) in [6.45, 7) is 1.72. The molecule has 16 heavy (non-hydrogen) atoms. The standard InChI is InChI=1S/C11H10N2O3/c1-7-9(5-10(14)15)16-11(13-7)8-3-2-4-12-6-8/h2-4,6H,5H2,1H3,(H,14,15). The molecular formula is C11H10N2O3. The molecule has 0 saturated heterocycles. The monoisotopic (exact) mass is 218 g/mol. The van der Waals surface area contributed by atoms with Crippen LogP contribution in [0.5, 0.6) is 0 Å². The summed E-state index contributed by atoms with van der Waals surface area (Å²) in [5, 5.41) is 8.67. The molecule has 0 atom stereocenters. The van der Waals surface area contributed by atoms with Gasteiger partial charge in [-0.05, 0) is 19.1 Å². The Labute approximate surface area is 91.8 Å². The number of carboxylic acid groups (broad SMARTS) is 1. The summed E-state index contributed by atoms with van der Waals surface area (Å²) in [6, 6.07) is 3.58. The number of carboxylic acids is 1. The number of hydrogen-bond donors (Lipinski definition) is 1. The Morgan fingerprint density at radius 2 is 2.38 bits per heavy atom. The lowest BCUT2D eigenvalue weighted by molar-refractivity contribution is -0.136. The Kier molecular flexibility index (Phi) is 2.68. The second-order valence-corrected chi connectivity index (χ2v) is 3.34. The number of pyridine rings is 1. The summed E-state index contributed by atoms with van der Waals surface area (Å²) < 4.78 is 5.38. The topological polar surface area (TPSA) is 76.2 Å². The number of aliphatic carboxylic acids is 1. The van der Waals surface area contributed by atoms with E-state index in [9.17, 15) is 4.79 Å².